The molecule has 0 bridgehead atoms. The molecule has 0 radical (unpaired) electrons. The summed E-state index contributed by atoms with van der Waals surface area (Å²) in [6, 6.07) is 8.86. The van der Waals surface area contributed by atoms with Crippen molar-refractivity contribution in [1.82, 2.24) is 0 Å². The van der Waals surface area contributed by atoms with Crippen LogP contribution in [-0.4, -0.2) is 0 Å². The minimum Gasteiger partial charge on any atom is -0.0617 e. The Morgan fingerprint density at radius 1 is 1.30 bits per heavy atom. The van der Waals surface area contributed by atoms with Gasteiger partial charge in [-0.3, -0.25) is 0 Å². The Balaban J connectivity index is 2.32. The van der Waals surface area contributed by atoms with Crippen molar-refractivity contribution in [2.75, 3.05) is 0 Å². The average Bonchev–Trinajstić information content (AvgIpc) is 2.68. The Labute approximate surface area is 61.9 Å². The van der Waals surface area contributed by atoms with Crippen LogP contribution in [0.2, 0.25) is 0 Å². The fourth-order valence-electron chi connectivity index (χ4n) is 1.34. The van der Waals surface area contributed by atoms with Crippen LogP contribution in [0.1, 0.15) is 29.9 Å². The molecule has 0 spiro atoms. The summed E-state index contributed by atoms with van der Waals surface area (Å²) in [5.41, 5.74) is 2.93. The van der Waals surface area contributed by atoms with Crippen LogP contribution in [0.3, 0.4) is 0 Å². The van der Waals surface area contributed by atoms with E-state index < -0.39 is 0 Å². The van der Waals surface area contributed by atoms with Gasteiger partial charge in [-0.1, -0.05) is 29.8 Å². The molecule has 1 aliphatic rings. The van der Waals surface area contributed by atoms with Gasteiger partial charge in [0.05, 0.1) is 0 Å². The van der Waals surface area contributed by atoms with Gasteiger partial charge < -0.3 is 0 Å². The second kappa shape index (κ2) is 2.12. The minimum atomic E-state index is 0.903. The van der Waals surface area contributed by atoms with Gasteiger partial charge in [0, 0.05) is 0 Å². The highest BCUT2D eigenvalue weighted by Gasteiger charge is 2.22. The van der Waals surface area contributed by atoms with Crippen molar-refractivity contribution in [2.24, 2.45) is 0 Å². The average molecular weight is 132 g/mol. The molecule has 0 nitrogen and oxygen atoms in total. The van der Waals surface area contributed by atoms with Crippen LogP contribution in [0.4, 0.5) is 0 Å². The summed E-state index contributed by atoms with van der Waals surface area (Å²) in [6.45, 7) is 2.16. The molecule has 0 saturated heterocycles. The number of hydrogen-bond donors (Lipinski definition) is 0. The predicted octanol–water partition coefficient (Wildman–Crippen LogP) is 2.87. The van der Waals surface area contributed by atoms with E-state index >= 15 is 0 Å². The third kappa shape index (κ3) is 1.06. The summed E-state index contributed by atoms with van der Waals surface area (Å²) in [5.74, 6) is 0.903. The predicted molar refractivity (Wildman–Crippen MR) is 43.2 cm³/mol. The van der Waals surface area contributed by atoms with Gasteiger partial charge >= 0.3 is 0 Å². The van der Waals surface area contributed by atoms with E-state index in [4.69, 9.17) is 0 Å². The molecule has 1 saturated carbocycles. The van der Waals surface area contributed by atoms with Crippen LogP contribution in [0, 0.1) is 6.92 Å². The lowest BCUT2D eigenvalue weighted by molar-refractivity contribution is 1.12. The zero-order chi connectivity index (χ0) is 6.97. The monoisotopic (exact) mass is 132 g/mol. The fraction of sp³-hybridized carbons (Fsp3) is 0.400. The molecule has 1 fully saturated rings. The zero-order valence-electron chi connectivity index (χ0n) is 6.30. The molecule has 0 aromatic heterocycles. The first kappa shape index (κ1) is 5.96. The van der Waals surface area contributed by atoms with Crippen LogP contribution < -0.4 is 0 Å². The number of hydrogen-bond acceptors (Lipinski definition) is 0. The van der Waals surface area contributed by atoms with Gasteiger partial charge in [-0.05, 0) is 31.2 Å². The Morgan fingerprint density at radius 3 is 2.70 bits per heavy atom. The maximum atomic E-state index is 2.30. The first-order valence-corrected chi connectivity index (χ1v) is 3.93. The maximum absolute atomic E-state index is 2.30. The highest BCUT2D eigenvalue weighted by Crippen LogP contribution is 2.39. The lowest BCUT2D eigenvalue weighted by Gasteiger charge is -1.97. The standard InChI is InChI=1S/C10H12/c1-8-3-2-4-10(7-8)9-5-6-9/h2-4,7,9H,5-6H2,1H3. The first-order chi connectivity index (χ1) is 4.86. The smallest absolute Gasteiger partial charge is 0.0161 e. The van der Waals surface area contributed by atoms with E-state index in [9.17, 15) is 0 Å². The molecule has 10 heavy (non-hydrogen) atoms. The van der Waals surface area contributed by atoms with Crippen LogP contribution in [0.25, 0.3) is 0 Å². The Morgan fingerprint density at radius 2 is 2.10 bits per heavy atom. The van der Waals surface area contributed by atoms with E-state index in [2.05, 4.69) is 31.2 Å². The van der Waals surface area contributed by atoms with Gasteiger partial charge in [0.1, 0.15) is 0 Å². The van der Waals surface area contributed by atoms with Crippen molar-refractivity contribution in [3.63, 3.8) is 0 Å². The van der Waals surface area contributed by atoms with Crippen molar-refractivity contribution in [2.45, 2.75) is 25.7 Å². The van der Waals surface area contributed by atoms with Gasteiger partial charge in [-0.25, -0.2) is 0 Å². The SMILES string of the molecule is Cc1cccc(C2CC2)c1. The molecule has 52 valence electrons. The molecule has 0 atom stereocenters. The molecule has 1 aliphatic carbocycles. The van der Waals surface area contributed by atoms with E-state index in [0.717, 1.165) is 5.92 Å². The minimum absolute atomic E-state index is 0.903. The van der Waals surface area contributed by atoms with Crippen molar-refractivity contribution < 1.29 is 0 Å². The lowest BCUT2D eigenvalue weighted by atomic mass is 10.1. The van der Waals surface area contributed by atoms with Gasteiger partial charge in [0.15, 0.2) is 0 Å². The van der Waals surface area contributed by atoms with Gasteiger partial charge in [0.2, 0.25) is 0 Å². The summed E-state index contributed by atoms with van der Waals surface area (Å²) in [5, 5.41) is 0. The molecule has 1 aromatic carbocycles. The molecular weight excluding hydrogens is 120 g/mol. The summed E-state index contributed by atoms with van der Waals surface area (Å²) in [4.78, 5) is 0. The molecule has 0 amide bonds. The largest absolute Gasteiger partial charge is 0.0617 e. The van der Waals surface area contributed by atoms with E-state index in [0.29, 0.717) is 0 Å². The topological polar surface area (TPSA) is 0 Å². The van der Waals surface area contributed by atoms with Crippen molar-refractivity contribution >= 4 is 0 Å². The first-order valence-electron chi connectivity index (χ1n) is 3.93. The molecule has 0 heteroatoms. The second-order valence-electron chi connectivity index (χ2n) is 3.19. The summed E-state index contributed by atoms with van der Waals surface area (Å²) >= 11 is 0. The summed E-state index contributed by atoms with van der Waals surface area (Å²) < 4.78 is 0. The summed E-state index contributed by atoms with van der Waals surface area (Å²) in [6.07, 6.45) is 2.81. The van der Waals surface area contributed by atoms with Crippen LogP contribution in [0.5, 0.6) is 0 Å². The second-order valence-corrected chi connectivity index (χ2v) is 3.19. The van der Waals surface area contributed by atoms with E-state index in [1.165, 1.54) is 18.4 Å². The van der Waals surface area contributed by atoms with Gasteiger partial charge in [0.25, 0.3) is 0 Å². The van der Waals surface area contributed by atoms with Crippen LogP contribution >= 0.6 is 0 Å². The van der Waals surface area contributed by atoms with E-state index in [-0.39, 0.29) is 0 Å². The van der Waals surface area contributed by atoms with Gasteiger partial charge in [-0.15, -0.1) is 0 Å². The lowest BCUT2D eigenvalue weighted by Crippen LogP contribution is -1.78. The molecular formula is C10H12. The highest BCUT2D eigenvalue weighted by molar-refractivity contribution is 5.28. The molecule has 1 aromatic rings. The number of benzene rings is 1. The fourth-order valence-corrected chi connectivity index (χ4v) is 1.34. The number of rotatable bonds is 1. The molecule has 0 N–H and O–H groups in total. The van der Waals surface area contributed by atoms with Crippen molar-refractivity contribution in [3.8, 4) is 0 Å². The van der Waals surface area contributed by atoms with Crippen molar-refractivity contribution in [1.29, 1.82) is 0 Å². The number of aryl methyl sites for hydroxylation is 1. The summed E-state index contributed by atoms with van der Waals surface area (Å²) in [7, 11) is 0. The maximum Gasteiger partial charge on any atom is -0.0161 e. The zero-order valence-corrected chi connectivity index (χ0v) is 6.30. The van der Waals surface area contributed by atoms with E-state index in [1.54, 1.807) is 5.56 Å². The molecule has 0 aliphatic heterocycles. The molecule has 0 heterocycles. The Hall–Kier alpha value is -0.780. The Bertz CT molecular complexity index is 234. The third-order valence-electron chi connectivity index (χ3n) is 2.09. The quantitative estimate of drug-likeness (QED) is 0.551. The van der Waals surface area contributed by atoms with Crippen LogP contribution in [0.15, 0.2) is 24.3 Å². The third-order valence-corrected chi connectivity index (χ3v) is 2.09. The van der Waals surface area contributed by atoms with Crippen molar-refractivity contribution in [3.05, 3.63) is 35.4 Å². The normalized spacial score (nSPS) is 17.3. The Kier molecular flexibility index (Phi) is 1.26. The van der Waals surface area contributed by atoms with Crippen LogP contribution in [-0.2, 0) is 0 Å². The van der Waals surface area contributed by atoms with E-state index in [1.807, 2.05) is 0 Å². The molecule has 0 unspecified atom stereocenters. The molecule has 2 rings (SSSR count). The highest BCUT2D eigenvalue weighted by atomic mass is 14.3. The van der Waals surface area contributed by atoms with Gasteiger partial charge in [-0.2, -0.15) is 0 Å².